The van der Waals surface area contributed by atoms with Gasteiger partial charge in [-0.3, -0.25) is 5.01 Å². The molecule has 0 aromatic heterocycles. The molecule has 2 aromatic carbocycles. The van der Waals surface area contributed by atoms with Crippen LogP contribution in [0.25, 0.3) is 0 Å². The molecular weight excluding hydrogens is 318 g/mol. The second-order valence-electron chi connectivity index (χ2n) is 5.73. The van der Waals surface area contributed by atoms with Crippen molar-refractivity contribution in [1.82, 2.24) is 5.01 Å². The van der Waals surface area contributed by atoms with Gasteiger partial charge in [0.2, 0.25) is 0 Å². The molecule has 1 aliphatic rings. The maximum absolute atomic E-state index is 11.1. The Morgan fingerprint density at radius 3 is 2.48 bits per heavy atom. The molecule has 6 nitrogen and oxygen atoms in total. The van der Waals surface area contributed by atoms with E-state index in [1.54, 1.807) is 31.5 Å². The van der Waals surface area contributed by atoms with Crippen LogP contribution < -0.4 is 14.7 Å². The second-order valence-corrected chi connectivity index (χ2v) is 5.73. The molecule has 3 rings (SSSR count). The van der Waals surface area contributed by atoms with Gasteiger partial charge >= 0.3 is 0 Å². The maximum Gasteiger partial charge on any atom is 0.142 e. The van der Waals surface area contributed by atoms with Gasteiger partial charge in [0, 0.05) is 24.2 Å². The van der Waals surface area contributed by atoms with Crippen LogP contribution in [0.1, 0.15) is 15.9 Å². The summed E-state index contributed by atoms with van der Waals surface area (Å²) in [6, 6.07) is 14.7. The fraction of sp³-hybridized carbons (Fsp3) is 0.263. The summed E-state index contributed by atoms with van der Waals surface area (Å²) in [7, 11) is 1.67. The van der Waals surface area contributed by atoms with E-state index in [0.29, 0.717) is 5.56 Å². The smallest absolute Gasteiger partial charge is 0.142 e. The standard InChI is InChI=1S/C19H21N3O3/c1-25-18-9-5-4-8-17(18)21-10-12-22(13-11-21)20-14-15-6-2-3-7-16(15)19(23)24/h2-9,14H,10-13H2,1H3,(H,23,24)/p-1. The van der Waals surface area contributed by atoms with Gasteiger partial charge in [0.1, 0.15) is 5.75 Å². The molecule has 0 N–H and O–H groups in total. The largest absolute Gasteiger partial charge is 0.545 e. The molecule has 1 fully saturated rings. The number of benzene rings is 2. The predicted molar refractivity (Wildman–Crippen MR) is 95.1 cm³/mol. The number of hydrazone groups is 1. The topological polar surface area (TPSA) is 68.2 Å². The van der Waals surface area contributed by atoms with E-state index in [0.717, 1.165) is 37.6 Å². The Labute approximate surface area is 146 Å². The lowest BCUT2D eigenvalue weighted by molar-refractivity contribution is -0.255. The van der Waals surface area contributed by atoms with Crippen molar-refractivity contribution >= 4 is 17.9 Å². The van der Waals surface area contributed by atoms with Gasteiger partial charge < -0.3 is 19.5 Å². The Bertz CT molecular complexity index is 768. The third-order valence-electron chi connectivity index (χ3n) is 4.22. The number of carboxylic acid groups (broad SMARTS) is 1. The number of carboxylic acids is 1. The van der Waals surface area contributed by atoms with Gasteiger partial charge in [-0.2, -0.15) is 5.10 Å². The van der Waals surface area contributed by atoms with Gasteiger partial charge in [-0.25, -0.2) is 0 Å². The minimum Gasteiger partial charge on any atom is -0.545 e. The van der Waals surface area contributed by atoms with Crippen molar-refractivity contribution in [1.29, 1.82) is 0 Å². The van der Waals surface area contributed by atoms with Crippen molar-refractivity contribution in [3.05, 3.63) is 59.7 Å². The average Bonchev–Trinajstić information content (AvgIpc) is 2.67. The average molecular weight is 338 g/mol. The lowest BCUT2D eigenvalue weighted by atomic mass is 10.1. The molecule has 130 valence electrons. The molecule has 6 heteroatoms. The fourth-order valence-corrected chi connectivity index (χ4v) is 2.88. The van der Waals surface area contributed by atoms with Crippen LogP contribution in [0, 0.1) is 0 Å². The summed E-state index contributed by atoms with van der Waals surface area (Å²) in [5.74, 6) is -0.328. The van der Waals surface area contributed by atoms with Crippen LogP contribution in [0.5, 0.6) is 5.75 Å². The number of hydrogen-bond acceptors (Lipinski definition) is 6. The first kappa shape index (κ1) is 16.8. The maximum atomic E-state index is 11.1. The highest BCUT2D eigenvalue weighted by Gasteiger charge is 2.18. The third-order valence-corrected chi connectivity index (χ3v) is 4.22. The summed E-state index contributed by atoms with van der Waals surface area (Å²) in [5, 5.41) is 17.5. The number of methoxy groups -OCH3 is 1. The molecule has 1 aliphatic heterocycles. The summed E-state index contributed by atoms with van der Waals surface area (Å²) in [5.41, 5.74) is 1.78. The van der Waals surface area contributed by atoms with Gasteiger partial charge in [-0.05, 0) is 12.1 Å². The third kappa shape index (κ3) is 3.91. The Morgan fingerprint density at radius 2 is 1.76 bits per heavy atom. The van der Waals surface area contributed by atoms with Crippen molar-refractivity contribution in [3.63, 3.8) is 0 Å². The first-order chi connectivity index (χ1) is 12.2. The van der Waals surface area contributed by atoms with Crippen LogP contribution in [-0.2, 0) is 0 Å². The molecule has 1 heterocycles. The van der Waals surface area contributed by atoms with E-state index in [-0.39, 0.29) is 5.56 Å². The zero-order chi connectivity index (χ0) is 17.6. The van der Waals surface area contributed by atoms with Crippen LogP contribution in [-0.4, -0.2) is 50.5 Å². The molecule has 0 amide bonds. The first-order valence-electron chi connectivity index (χ1n) is 8.16. The number of anilines is 1. The number of rotatable bonds is 5. The molecule has 0 aliphatic carbocycles. The lowest BCUT2D eigenvalue weighted by Crippen LogP contribution is -2.44. The molecule has 0 saturated carbocycles. The molecule has 0 atom stereocenters. The van der Waals surface area contributed by atoms with Crippen LogP contribution in [0.2, 0.25) is 0 Å². The quantitative estimate of drug-likeness (QED) is 0.767. The predicted octanol–water partition coefficient (Wildman–Crippen LogP) is 1.21. The lowest BCUT2D eigenvalue weighted by Gasteiger charge is -2.35. The molecule has 0 radical (unpaired) electrons. The summed E-state index contributed by atoms with van der Waals surface area (Å²) in [6.45, 7) is 3.14. The van der Waals surface area contributed by atoms with Crippen molar-refractivity contribution in [2.75, 3.05) is 38.2 Å². The van der Waals surface area contributed by atoms with Crippen molar-refractivity contribution < 1.29 is 14.6 Å². The van der Waals surface area contributed by atoms with E-state index in [9.17, 15) is 9.90 Å². The van der Waals surface area contributed by atoms with E-state index < -0.39 is 5.97 Å². The molecule has 0 bridgehead atoms. The van der Waals surface area contributed by atoms with E-state index in [2.05, 4.69) is 10.0 Å². The van der Waals surface area contributed by atoms with E-state index in [1.807, 2.05) is 29.3 Å². The molecular formula is C19H20N3O3-. The highest BCUT2D eigenvalue weighted by atomic mass is 16.5. The van der Waals surface area contributed by atoms with Crippen LogP contribution in [0.15, 0.2) is 53.6 Å². The number of para-hydroxylation sites is 2. The highest BCUT2D eigenvalue weighted by Crippen LogP contribution is 2.28. The Balaban J connectivity index is 1.64. The molecule has 2 aromatic rings. The number of carbonyl (C=O) groups is 1. The van der Waals surface area contributed by atoms with Gasteiger partial charge in [-0.1, -0.05) is 36.4 Å². The summed E-state index contributed by atoms with van der Waals surface area (Å²) in [4.78, 5) is 13.4. The highest BCUT2D eigenvalue weighted by molar-refractivity contribution is 5.97. The normalized spacial score (nSPS) is 14.8. The zero-order valence-electron chi connectivity index (χ0n) is 14.1. The van der Waals surface area contributed by atoms with Gasteiger partial charge in [0.05, 0.1) is 38.1 Å². The van der Waals surface area contributed by atoms with Crippen molar-refractivity contribution in [2.24, 2.45) is 5.10 Å². The minimum atomic E-state index is -1.19. The molecule has 0 spiro atoms. The van der Waals surface area contributed by atoms with Crippen LogP contribution in [0.4, 0.5) is 5.69 Å². The number of piperazine rings is 1. The first-order valence-corrected chi connectivity index (χ1v) is 8.16. The number of aromatic carboxylic acids is 1. The molecule has 0 unspecified atom stereocenters. The Morgan fingerprint density at radius 1 is 1.08 bits per heavy atom. The fourth-order valence-electron chi connectivity index (χ4n) is 2.88. The number of ether oxygens (including phenoxy) is 1. The van der Waals surface area contributed by atoms with Crippen LogP contribution >= 0.6 is 0 Å². The summed E-state index contributed by atoms with van der Waals surface area (Å²) < 4.78 is 5.42. The van der Waals surface area contributed by atoms with Gasteiger partial charge in [0.15, 0.2) is 0 Å². The summed E-state index contributed by atoms with van der Waals surface area (Å²) in [6.07, 6.45) is 1.59. The van der Waals surface area contributed by atoms with E-state index in [4.69, 9.17) is 4.74 Å². The number of carbonyl (C=O) groups excluding carboxylic acids is 1. The van der Waals surface area contributed by atoms with Gasteiger partial charge in [-0.15, -0.1) is 0 Å². The van der Waals surface area contributed by atoms with E-state index in [1.165, 1.54) is 6.07 Å². The minimum absolute atomic E-state index is 0.152. The number of hydrogen-bond donors (Lipinski definition) is 0. The molecule has 25 heavy (non-hydrogen) atoms. The van der Waals surface area contributed by atoms with Gasteiger partial charge in [0.25, 0.3) is 0 Å². The van der Waals surface area contributed by atoms with Crippen LogP contribution in [0.3, 0.4) is 0 Å². The van der Waals surface area contributed by atoms with Crippen molar-refractivity contribution in [2.45, 2.75) is 0 Å². The summed E-state index contributed by atoms with van der Waals surface area (Å²) >= 11 is 0. The monoisotopic (exact) mass is 338 g/mol. The Kier molecular flexibility index (Phi) is 5.18. The second kappa shape index (κ2) is 7.70. The zero-order valence-corrected chi connectivity index (χ0v) is 14.1. The van der Waals surface area contributed by atoms with E-state index >= 15 is 0 Å². The molecule has 1 saturated heterocycles. The Hall–Kier alpha value is -3.02. The van der Waals surface area contributed by atoms with Crippen molar-refractivity contribution in [3.8, 4) is 5.75 Å². The SMILES string of the molecule is COc1ccccc1N1CCN(N=Cc2ccccc2C(=O)[O-])CC1. The number of nitrogens with zero attached hydrogens (tertiary/aromatic N) is 3.